The van der Waals surface area contributed by atoms with E-state index in [-0.39, 0.29) is 0 Å². The van der Waals surface area contributed by atoms with Crippen molar-refractivity contribution in [2.24, 2.45) is 20.0 Å². The number of hydrogen-bond donors (Lipinski definition) is 0. The van der Waals surface area contributed by atoms with Gasteiger partial charge in [0, 0.05) is 26.1 Å². The quantitative estimate of drug-likeness (QED) is 0.795. The molecule has 0 saturated carbocycles. The Hall–Kier alpha value is -1.92. The van der Waals surface area contributed by atoms with Crippen molar-refractivity contribution in [2.45, 2.75) is 6.42 Å². The fourth-order valence-electron chi connectivity index (χ4n) is 2.63. The molecule has 1 fully saturated rings. The Morgan fingerprint density at radius 3 is 2.80 bits per heavy atom. The smallest absolute Gasteiger partial charge is 0.131 e. The maximum Gasteiger partial charge on any atom is 0.131 e. The van der Waals surface area contributed by atoms with Crippen molar-refractivity contribution >= 4 is 23.5 Å². The minimum atomic E-state index is 0.827. The van der Waals surface area contributed by atoms with Gasteiger partial charge < -0.3 is 4.74 Å². The van der Waals surface area contributed by atoms with Crippen LogP contribution in [-0.4, -0.2) is 49.9 Å². The lowest BCUT2D eigenvalue weighted by atomic mass is 10.2. The fraction of sp³-hybridized carbons (Fsp3) is 0.429. The summed E-state index contributed by atoms with van der Waals surface area (Å²) in [5, 5.41) is 1.73. The maximum absolute atomic E-state index is 5.35. The average Bonchev–Trinajstić information content (AvgIpc) is 3.11. The van der Waals surface area contributed by atoms with Gasteiger partial charge in [0.1, 0.15) is 22.9 Å². The van der Waals surface area contributed by atoms with E-state index in [1.54, 1.807) is 6.34 Å². The van der Waals surface area contributed by atoms with Crippen LogP contribution in [0.5, 0.6) is 0 Å². The Bertz CT molecular complexity index is 716. The number of aliphatic imine (C=N–C) groups is 2. The molecular formula is C14H15N5O. The summed E-state index contributed by atoms with van der Waals surface area (Å²) in [5.41, 5.74) is 1.80. The molecule has 6 heteroatoms. The Kier molecular flexibility index (Phi) is 2.90. The van der Waals surface area contributed by atoms with Crippen molar-refractivity contribution in [2.75, 3.05) is 32.8 Å². The summed E-state index contributed by atoms with van der Waals surface area (Å²) in [7, 11) is 0. The molecule has 1 aromatic rings. The van der Waals surface area contributed by atoms with Gasteiger partial charge in [0.2, 0.25) is 0 Å². The second-order valence-corrected chi connectivity index (χ2v) is 5.02. The number of benzene rings is 1. The molecular weight excluding hydrogens is 254 g/mol. The van der Waals surface area contributed by atoms with Crippen molar-refractivity contribution in [3.05, 3.63) is 22.8 Å². The van der Waals surface area contributed by atoms with E-state index < -0.39 is 0 Å². The number of ether oxygens (including phenoxy) is 1. The van der Waals surface area contributed by atoms with Gasteiger partial charge in [-0.2, -0.15) is 0 Å². The molecule has 0 N–H and O–H groups in total. The molecule has 0 bridgehead atoms. The van der Waals surface area contributed by atoms with Gasteiger partial charge in [0.15, 0.2) is 0 Å². The highest BCUT2D eigenvalue weighted by atomic mass is 16.5. The van der Waals surface area contributed by atoms with Gasteiger partial charge >= 0.3 is 0 Å². The molecule has 0 amide bonds. The van der Waals surface area contributed by atoms with Crippen molar-refractivity contribution in [3.63, 3.8) is 0 Å². The van der Waals surface area contributed by atoms with Gasteiger partial charge in [-0.15, -0.1) is 0 Å². The van der Waals surface area contributed by atoms with Gasteiger partial charge in [0.25, 0.3) is 0 Å². The zero-order valence-corrected chi connectivity index (χ0v) is 11.1. The van der Waals surface area contributed by atoms with E-state index in [4.69, 9.17) is 4.74 Å². The Morgan fingerprint density at radius 2 is 1.90 bits per heavy atom. The Balaban J connectivity index is 1.52. The average molecular weight is 269 g/mol. The van der Waals surface area contributed by atoms with E-state index >= 15 is 0 Å². The standard InChI is InChI=1S/C14H15N5O/c1-2-11-14(13-10(1)15-9-16-13)18-12(17-11)3-4-19-5-7-20-8-6-19/h1-2,9H,3-8H2. The number of nitrogens with zero attached hydrogens (tertiary/aromatic N) is 5. The van der Waals surface area contributed by atoms with Gasteiger partial charge in [-0.3, -0.25) is 4.90 Å². The Morgan fingerprint density at radius 1 is 1.05 bits per heavy atom. The fourth-order valence-corrected chi connectivity index (χ4v) is 2.63. The summed E-state index contributed by atoms with van der Waals surface area (Å²) in [4.78, 5) is 20.1. The first-order valence-corrected chi connectivity index (χ1v) is 6.90. The molecule has 1 aromatic carbocycles. The lowest BCUT2D eigenvalue weighted by Crippen LogP contribution is -2.37. The molecule has 0 radical (unpaired) electrons. The molecule has 1 saturated heterocycles. The van der Waals surface area contributed by atoms with Crippen LogP contribution in [0.2, 0.25) is 0 Å². The van der Waals surface area contributed by atoms with E-state index in [0.717, 1.165) is 67.2 Å². The number of fused-ring (bicyclic) bond motifs is 3. The summed E-state index contributed by atoms with van der Waals surface area (Å²) >= 11 is 0. The van der Waals surface area contributed by atoms with Crippen LogP contribution < -0.4 is 10.7 Å². The molecule has 0 spiro atoms. The number of amidine groups is 1. The van der Waals surface area contributed by atoms with E-state index in [1.165, 1.54) is 0 Å². The minimum Gasteiger partial charge on any atom is -0.379 e. The van der Waals surface area contributed by atoms with E-state index in [0.29, 0.717) is 0 Å². The highest BCUT2D eigenvalue weighted by Gasteiger charge is 2.15. The molecule has 3 aliphatic rings. The first-order valence-electron chi connectivity index (χ1n) is 6.90. The van der Waals surface area contributed by atoms with Gasteiger partial charge in [0.05, 0.1) is 24.6 Å². The minimum absolute atomic E-state index is 0.827. The third-order valence-electron chi connectivity index (χ3n) is 3.74. The zero-order chi connectivity index (χ0) is 13.4. The molecule has 4 rings (SSSR count). The molecule has 0 atom stereocenters. The molecule has 0 aromatic heterocycles. The SMILES string of the molecule is C1=Nc2ccc3c(c2=N1)=NC(CCN1CCOCC1)=N3. The predicted molar refractivity (Wildman–Crippen MR) is 75.9 cm³/mol. The zero-order valence-electron chi connectivity index (χ0n) is 11.1. The highest BCUT2D eigenvalue weighted by molar-refractivity contribution is 5.89. The van der Waals surface area contributed by atoms with Gasteiger partial charge in [-0.25, -0.2) is 20.0 Å². The number of hydrogen-bond acceptors (Lipinski definition) is 6. The second-order valence-electron chi connectivity index (χ2n) is 5.02. The maximum atomic E-state index is 5.35. The number of rotatable bonds is 3. The van der Waals surface area contributed by atoms with Crippen molar-refractivity contribution in [1.29, 1.82) is 0 Å². The van der Waals surface area contributed by atoms with Crippen molar-refractivity contribution < 1.29 is 4.74 Å². The molecule has 0 unspecified atom stereocenters. The van der Waals surface area contributed by atoms with Gasteiger partial charge in [-0.05, 0) is 12.1 Å². The van der Waals surface area contributed by atoms with Crippen LogP contribution in [0.1, 0.15) is 6.42 Å². The monoisotopic (exact) mass is 269 g/mol. The first-order chi connectivity index (χ1) is 9.90. The summed E-state index contributed by atoms with van der Waals surface area (Å²) in [6.45, 7) is 4.63. The van der Waals surface area contributed by atoms with E-state index in [1.807, 2.05) is 12.1 Å². The van der Waals surface area contributed by atoms with Crippen LogP contribution in [-0.2, 0) is 4.74 Å². The van der Waals surface area contributed by atoms with Crippen LogP contribution in [0.15, 0.2) is 32.1 Å². The predicted octanol–water partition coefficient (Wildman–Crippen LogP) is 0.365. The third kappa shape index (κ3) is 2.07. The van der Waals surface area contributed by atoms with Crippen LogP contribution in [0.4, 0.5) is 11.4 Å². The van der Waals surface area contributed by atoms with Crippen molar-refractivity contribution in [1.82, 2.24) is 4.90 Å². The second kappa shape index (κ2) is 4.88. The lowest BCUT2D eigenvalue weighted by Gasteiger charge is -2.26. The molecule has 3 heterocycles. The Labute approximate surface area is 116 Å². The summed E-state index contributed by atoms with van der Waals surface area (Å²) in [5.74, 6) is 0.891. The summed E-state index contributed by atoms with van der Waals surface area (Å²) in [6.07, 6.45) is 2.44. The summed E-state index contributed by atoms with van der Waals surface area (Å²) in [6, 6.07) is 3.92. The normalized spacial score (nSPS) is 20.1. The molecule has 20 heavy (non-hydrogen) atoms. The van der Waals surface area contributed by atoms with Crippen LogP contribution in [0.3, 0.4) is 0 Å². The van der Waals surface area contributed by atoms with Crippen LogP contribution in [0, 0.1) is 0 Å². The number of morpholine rings is 1. The highest BCUT2D eigenvalue weighted by Crippen LogP contribution is 2.15. The molecule has 0 aliphatic carbocycles. The summed E-state index contributed by atoms with van der Waals surface area (Å²) < 4.78 is 5.35. The van der Waals surface area contributed by atoms with Crippen molar-refractivity contribution in [3.8, 4) is 0 Å². The van der Waals surface area contributed by atoms with Crippen LogP contribution in [0.25, 0.3) is 0 Å². The van der Waals surface area contributed by atoms with E-state index in [2.05, 4.69) is 24.9 Å². The van der Waals surface area contributed by atoms with Gasteiger partial charge in [-0.1, -0.05) is 0 Å². The lowest BCUT2D eigenvalue weighted by molar-refractivity contribution is 0.0392. The van der Waals surface area contributed by atoms with Crippen LogP contribution >= 0.6 is 0 Å². The molecule has 3 aliphatic heterocycles. The topological polar surface area (TPSA) is 61.9 Å². The molecule has 102 valence electrons. The first kappa shape index (κ1) is 11.9. The molecule has 6 nitrogen and oxygen atoms in total. The largest absolute Gasteiger partial charge is 0.379 e. The third-order valence-corrected chi connectivity index (χ3v) is 3.74. The van der Waals surface area contributed by atoms with E-state index in [9.17, 15) is 0 Å².